The lowest BCUT2D eigenvalue weighted by molar-refractivity contribution is 0.102. The lowest BCUT2D eigenvalue weighted by atomic mass is 10.2. The van der Waals surface area contributed by atoms with E-state index in [0.717, 1.165) is 36.3 Å². The second-order valence-electron chi connectivity index (χ2n) is 6.37. The molecule has 1 aromatic carbocycles. The van der Waals surface area contributed by atoms with Crippen LogP contribution < -0.4 is 11.1 Å². The molecular weight excluding hydrogens is 400 g/mol. The maximum atomic E-state index is 14.0. The minimum absolute atomic E-state index is 0.00650. The van der Waals surface area contributed by atoms with Crippen molar-refractivity contribution in [2.45, 2.75) is 12.8 Å². The number of allylic oxidation sites excluding steroid dienone is 1. The highest BCUT2D eigenvalue weighted by Crippen LogP contribution is 2.34. The molecule has 0 radical (unpaired) electrons. The molecule has 0 fully saturated rings. The minimum atomic E-state index is -0.776. The van der Waals surface area contributed by atoms with Gasteiger partial charge < -0.3 is 15.8 Å². The number of nitrogens with two attached hydrogens (primary N) is 1. The summed E-state index contributed by atoms with van der Waals surface area (Å²) in [5.74, 6) is -1.53. The van der Waals surface area contributed by atoms with Gasteiger partial charge in [-0.2, -0.15) is 5.10 Å². The van der Waals surface area contributed by atoms with Crippen molar-refractivity contribution in [2.24, 2.45) is 7.05 Å². The second kappa shape index (κ2) is 7.63. The van der Waals surface area contributed by atoms with E-state index in [1.54, 1.807) is 11.7 Å². The van der Waals surface area contributed by atoms with E-state index in [0.29, 0.717) is 23.7 Å². The quantitative estimate of drug-likeness (QED) is 0.673. The summed E-state index contributed by atoms with van der Waals surface area (Å²) in [6, 6.07) is 3.50. The van der Waals surface area contributed by atoms with Gasteiger partial charge in [0, 0.05) is 7.05 Å². The molecule has 7 nitrogen and oxygen atoms in total. The molecule has 0 saturated heterocycles. The summed E-state index contributed by atoms with van der Waals surface area (Å²) in [5.41, 5.74) is 6.53. The fraction of sp³-hybridized carbons (Fsp3) is 0.211. The summed E-state index contributed by atoms with van der Waals surface area (Å²) in [7, 11) is 1.74. The van der Waals surface area contributed by atoms with Gasteiger partial charge in [0.2, 0.25) is 0 Å². The number of hydrogen-bond donors (Lipinski definition) is 2. The number of aryl methyl sites for hydroxylation is 1. The van der Waals surface area contributed by atoms with Crippen LogP contribution in [-0.4, -0.2) is 27.3 Å². The number of rotatable bonds is 4. The molecule has 29 heavy (non-hydrogen) atoms. The Balaban J connectivity index is 1.64. The number of aromatic nitrogens is 3. The molecule has 4 rings (SSSR count). The lowest BCUT2D eigenvalue weighted by Crippen LogP contribution is -2.16. The largest absolute Gasteiger partial charge is 0.492 e. The summed E-state index contributed by atoms with van der Waals surface area (Å²) < 4.78 is 35.3. The zero-order valence-electron chi connectivity index (χ0n) is 15.4. The Morgan fingerprint density at radius 3 is 2.79 bits per heavy atom. The Hall–Kier alpha value is -3.27. The molecule has 150 valence electrons. The van der Waals surface area contributed by atoms with Crippen molar-refractivity contribution in [3.05, 3.63) is 53.5 Å². The molecule has 3 N–H and O–H groups in total. The van der Waals surface area contributed by atoms with Gasteiger partial charge in [-0.25, -0.2) is 13.8 Å². The van der Waals surface area contributed by atoms with Crippen molar-refractivity contribution < 1.29 is 18.3 Å². The molecule has 2 aromatic heterocycles. The second-order valence-corrected chi connectivity index (χ2v) is 7.40. The van der Waals surface area contributed by atoms with E-state index < -0.39 is 17.5 Å². The smallest absolute Gasteiger partial charge is 0.277 e. The van der Waals surface area contributed by atoms with Crippen molar-refractivity contribution >= 4 is 33.7 Å². The molecule has 10 heteroatoms. The molecule has 3 heterocycles. The van der Waals surface area contributed by atoms with Crippen LogP contribution in [0.15, 0.2) is 30.5 Å². The maximum absolute atomic E-state index is 14.0. The van der Waals surface area contributed by atoms with Crippen molar-refractivity contribution in [1.82, 2.24) is 14.8 Å². The Morgan fingerprint density at radius 2 is 2.10 bits per heavy atom. The van der Waals surface area contributed by atoms with Gasteiger partial charge in [-0.3, -0.25) is 9.48 Å². The van der Waals surface area contributed by atoms with Crippen molar-refractivity contribution in [3.63, 3.8) is 0 Å². The number of ether oxygens (including phenoxy) is 1. The first kappa shape index (κ1) is 19.1. The average Bonchev–Trinajstić information content (AvgIpc) is 3.25. The Morgan fingerprint density at radius 1 is 1.34 bits per heavy atom. The summed E-state index contributed by atoms with van der Waals surface area (Å²) in [6.07, 6.45) is 5.22. The molecule has 3 aromatic rings. The predicted octanol–water partition coefficient (Wildman–Crippen LogP) is 3.81. The van der Waals surface area contributed by atoms with Gasteiger partial charge in [0.05, 0.1) is 24.1 Å². The SMILES string of the molecule is Cn1ncc(NC(=O)c2nc(-c3c(F)cccc3F)sc2N)c1C1=CCCCO1. The monoisotopic (exact) mass is 417 g/mol. The zero-order chi connectivity index (χ0) is 20.5. The van der Waals surface area contributed by atoms with Gasteiger partial charge in [0.25, 0.3) is 5.91 Å². The zero-order valence-corrected chi connectivity index (χ0v) is 16.2. The molecule has 0 atom stereocenters. The van der Waals surface area contributed by atoms with Crippen molar-refractivity contribution in [2.75, 3.05) is 17.7 Å². The van der Waals surface area contributed by atoms with Gasteiger partial charge in [-0.15, -0.1) is 0 Å². The van der Waals surface area contributed by atoms with Crippen molar-refractivity contribution in [3.8, 4) is 10.6 Å². The molecule has 0 spiro atoms. The number of nitrogen functional groups attached to an aromatic ring is 1. The topological polar surface area (TPSA) is 95.1 Å². The van der Waals surface area contributed by atoms with Crippen LogP contribution in [0.5, 0.6) is 0 Å². The van der Waals surface area contributed by atoms with Crippen LogP contribution in [0.25, 0.3) is 16.3 Å². The van der Waals surface area contributed by atoms with Gasteiger partial charge in [-0.1, -0.05) is 17.4 Å². The fourth-order valence-electron chi connectivity index (χ4n) is 3.03. The summed E-state index contributed by atoms with van der Waals surface area (Å²) in [5, 5.41) is 6.93. The molecular formula is C19H17F2N5O2S. The van der Waals surface area contributed by atoms with Gasteiger partial charge in [0.15, 0.2) is 5.69 Å². The molecule has 0 unspecified atom stereocenters. The van der Waals surface area contributed by atoms with Crippen LogP contribution in [0, 0.1) is 11.6 Å². The third-order valence-electron chi connectivity index (χ3n) is 4.40. The third kappa shape index (κ3) is 3.58. The molecule has 1 amide bonds. The number of hydrogen-bond acceptors (Lipinski definition) is 6. The number of halogens is 2. The highest BCUT2D eigenvalue weighted by molar-refractivity contribution is 7.19. The maximum Gasteiger partial charge on any atom is 0.277 e. The predicted molar refractivity (Wildman–Crippen MR) is 106 cm³/mol. The number of carbonyl (C=O) groups excluding carboxylic acids is 1. The van der Waals surface area contributed by atoms with Crippen LogP contribution in [-0.2, 0) is 11.8 Å². The summed E-state index contributed by atoms with van der Waals surface area (Å²) in [4.78, 5) is 16.8. The van der Waals surface area contributed by atoms with Crippen LogP contribution in [0.3, 0.4) is 0 Å². The molecule has 0 bridgehead atoms. The lowest BCUT2D eigenvalue weighted by Gasteiger charge is -2.16. The molecule has 1 aliphatic rings. The Kier molecular flexibility index (Phi) is 5.01. The third-order valence-corrected chi connectivity index (χ3v) is 5.30. The minimum Gasteiger partial charge on any atom is -0.492 e. The number of benzene rings is 1. The standard InChI is InChI=1S/C19H17F2N5O2S/c1-26-16(13-7-2-3-8-28-13)12(9-23-26)24-18(27)15-17(22)29-19(25-15)14-10(20)5-4-6-11(14)21/h4-7,9H,2-3,8,22H2,1H3,(H,24,27). The van der Waals surface area contributed by atoms with E-state index in [1.807, 2.05) is 6.08 Å². The van der Waals surface area contributed by atoms with E-state index in [2.05, 4.69) is 15.4 Å². The van der Waals surface area contributed by atoms with E-state index in [1.165, 1.54) is 12.3 Å². The fourth-order valence-corrected chi connectivity index (χ4v) is 3.91. The van der Waals surface area contributed by atoms with E-state index in [4.69, 9.17) is 10.5 Å². The first-order valence-corrected chi connectivity index (χ1v) is 9.64. The Bertz CT molecular complexity index is 1100. The first-order valence-electron chi connectivity index (χ1n) is 8.83. The number of carbonyl (C=O) groups is 1. The van der Waals surface area contributed by atoms with E-state index in [-0.39, 0.29) is 21.3 Å². The van der Waals surface area contributed by atoms with Crippen LogP contribution in [0.4, 0.5) is 19.5 Å². The van der Waals surface area contributed by atoms with Gasteiger partial charge >= 0.3 is 0 Å². The number of anilines is 2. The highest BCUT2D eigenvalue weighted by Gasteiger charge is 2.24. The van der Waals surface area contributed by atoms with Crippen LogP contribution >= 0.6 is 11.3 Å². The molecule has 1 aliphatic heterocycles. The molecule has 0 saturated carbocycles. The summed E-state index contributed by atoms with van der Waals surface area (Å²) >= 11 is 0.841. The van der Waals surface area contributed by atoms with Gasteiger partial charge in [0.1, 0.15) is 33.1 Å². The summed E-state index contributed by atoms with van der Waals surface area (Å²) in [6.45, 7) is 0.584. The molecule has 0 aliphatic carbocycles. The number of amides is 1. The van der Waals surface area contributed by atoms with Crippen LogP contribution in [0.2, 0.25) is 0 Å². The first-order chi connectivity index (χ1) is 14.0. The van der Waals surface area contributed by atoms with Gasteiger partial charge in [-0.05, 0) is 31.1 Å². The number of nitrogens with zero attached hydrogens (tertiary/aromatic N) is 3. The van der Waals surface area contributed by atoms with Crippen molar-refractivity contribution in [1.29, 1.82) is 0 Å². The Labute approximate surface area is 168 Å². The van der Waals surface area contributed by atoms with E-state index >= 15 is 0 Å². The number of nitrogens with one attached hydrogen (secondary N) is 1. The normalized spacial score (nSPS) is 13.7. The van der Waals surface area contributed by atoms with Crippen LogP contribution in [0.1, 0.15) is 29.0 Å². The van der Waals surface area contributed by atoms with E-state index in [9.17, 15) is 13.6 Å². The average molecular weight is 417 g/mol. The number of thiazole rings is 1. The highest BCUT2D eigenvalue weighted by atomic mass is 32.1.